The molecule has 0 saturated heterocycles. The van der Waals surface area contributed by atoms with Gasteiger partial charge in [-0.2, -0.15) is 0 Å². The molecule has 30 heavy (non-hydrogen) atoms. The van der Waals surface area contributed by atoms with Gasteiger partial charge in [-0.25, -0.2) is 4.98 Å². The van der Waals surface area contributed by atoms with Crippen LogP contribution in [0.15, 0.2) is 50.1 Å². The molecule has 0 radical (unpaired) electrons. The van der Waals surface area contributed by atoms with Crippen LogP contribution in [0.4, 0.5) is 5.13 Å². The van der Waals surface area contributed by atoms with E-state index >= 15 is 0 Å². The first-order valence-corrected chi connectivity index (χ1v) is 10.8. The zero-order chi connectivity index (χ0) is 21.1. The number of aromatic nitrogens is 4. The van der Waals surface area contributed by atoms with E-state index in [0.29, 0.717) is 50.2 Å². The highest BCUT2D eigenvalue weighted by Gasteiger charge is 2.12. The molecule has 0 saturated carbocycles. The molecule has 3 aromatic heterocycles. The number of nitrogens with zero attached hydrogens (tertiary/aromatic N) is 4. The fourth-order valence-electron chi connectivity index (χ4n) is 2.64. The van der Waals surface area contributed by atoms with Gasteiger partial charge in [-0.3, -0.25) is 14.9 Å². The number of carbonyl (C=O) groups is 1. The Morgan fingerprint density at radius 3 is 2.83 bits per heavy atom. The molecule has 4 rings (SSSR count). The minimum absolute atomic E-state index is 0.274. The third-order valence-electron chi connectivity index (χ3n) is 3.92. The monoisotopic (exact) mass is 443 g/mol. The normalized spacial score (nSPS) is 11.0. The fraction of sp³-hybridized carbons (Fsp3) is 0.211. The summed E-state index contributed by atoms with van der Waals surface area (Å²) in [6.07, 6.45) is 0. The van der Waals surface area contributed by atoms with Crippen molar-refractivity contribution in [3.05, 3.63) is 63.8 Å². The van der Waals surface area contributed by atoms with Crippen LogP contribution in [0.3, 0.4) is 0 Å². The third kappa shape index (κ3) is 4.52. The second kappa shape index (κ2) is 8.67. The van der Waals surface area contributed by atoms with E-state index in [1.807, 2.05) is 6.92 Å². The van der Waals surface area contributed by atoms with E-state index in [4.69, 9.17) is 9.26 Å². The van der Waals surface area contributed by atoms with Gasteiger partial charge in [-0.1, -0.05) is 23.1 Å². The lowest BCUT2D eigenvalue weighted by atomic mass is 10.2. The van der Waals surface area contributed by atoms with Gasteiger partial charge >= 0.3 is 0 Å². The largest absolute Gasteiger partial charge is 0.494 e. The maximum Gasteiger partial charge on any atom is 0.287 e. The molecule has 0 aliphatic carbocycles. The zero-order valence-electron chi connectivity index (χ0n) is 16.1. The standard InChI is InChI=1S/C19H17N5O4S2/c1-3-27-14-6-4-12(5-7-14)17(26)21-18-22-23-19(30-18)29-10-13-9-16(25)24-15(20-13)8-11(2)28-24/h4-9H,3,10H2,1-2H3,(H,21,22,26). The molecule has 0 bridgehead atoms. The molecular weight excluding hydrogens is 426 g/mol. The summed E-state index contributed by atoms with van der Waals surface area (Å²) in [5.41, 5.74) is 1.30. The summed E-state index contributed by atoms with van der Waals surface area (Å²) >= 11 is 2.64. The van der Waals surface area contributed by atoms with E-state index in [0.717, 1.165) is 4.57 Å². The molecule has 0 atom stereocenters. The van der Waals surface area contributed by atoms with Crippen LogP contribution in [0, 0.1) is 6.92 Å². The van der Waals surface area contributed by atoms with Crippen LogP contribution in [0.25, 0.3) is 5.65 Å². The molecule has 4 aromatic rings. The number of nitrogens with one attached hydrogen (secondary N) is 1. The van der Waals surface area contributed by atoms with Crippen LogP contribution in [-0.2, 0) is 5.75 Å². The fourth-order valence-corrected chi connectivity index (χ4v) is 4.28. The number of thioether (sulfide) groups is 1. The summed E-state index contributed by atoms with van der Waals surface area (Å²) in [7, 11) is 0. The lowest BCUT2D eigenvalue weighted by molar-refractivity contribution is 0.102. The molecule has 0 spiro atoms. The summed E-state index contributed by atoms with van der Waals surface area (Å²) in [4.78, 5) is 28.9. The second-order valence-electron chi connectivity index (χ2n) is 6.16. The van der Waals surface area contributed by atoms with E-state index in [1.54, 1.807) is 37.3 Å². The van der Waals surface area contributed by atoms with E-state index in [1.165, 1.54) is 29.2 Å². The van der Waals surface area contributed by atoms with Gasteiger partial charge in [0, 0.05) is 23.4 Å². The number of ether oxygens (including phenoxy) is 1. The highest BCUT2D eigenvalue weighted by atomic mass is 32.2. The second-order valence-corrected chi connectivity index (χ2v) is 8.36. The molecule has 1 amide bonds. The summed E-state index contributed by atoms with van der Waals surface area (Å²) in [5.74, 6) is 1.49. The molecule has 9 nitrogen and oxygen atoms in total. The predicted molar refractivity (Wildman–Crippen MR) is 113 cm³/mol. The Kier molecular flexibility index (Phi) is 5.81. The van der Waals surface area contributed by atoms with Crippen molar-refractivity contribution in [3.8, 4) is 5.75 Å². The van der Waals surface area contributed by atoms with Crippen molar-refractivity contribution < 1.29 is 14.1 Å². The lowest BCUT2D eigenvalue weighted by Gasteiger charge is -2.04. The van der Waals surface area contributed by atoms with Crippen LogP contribution in [0.5, 0.6) is 5.75 Å². The van der Waals surface area contributed by atoms with E-state index in [-0.39, 0.29) is 11.5 Å². The van der Waals surface area contributed by atoms with Gasteiger partial charge < -0.3 is 9.26 Å². The molecule has 0 unspecified atom stereocenters. The van der Waals surface area contributed by atoms with E-state index < -0.39 is 0 Å². The minimum Gasteiger partial charge on any atom is -0.494 e. The maximum absolute atomic E-state index is 12.4. The molecule has 11 heteroatoms. The quantitative estimate of drug-likeness (QED) is 0.342. The number of rotatable bonds is 7. The summed E-state index contributed by atoms with van der Waals surface area (Å²) in [6, 6.07) is 10.00. The van der Waals surface area contributed by atoms with Crippen LogP contribution in [0.1, 0.15) is 28.7 Å². The van der Waals surface area contributed by atoms with Gasteiger partial charge in [0.1, 0.15) is 11.5 Å². The van der Waals surface area contributed by atoms with Gasteiger partial charge in [-0.15, -0.1) is 14.8 Å². The number of fused-ring (bicyclic) bond motifs is 1. The highest BCUT2D eigenvalue weighted by molar-refractivity contribution is 8.00. The van der Waals surface area contributed by atoms with Crippen molar-refractivity contribution in [1.29, 1.82) is 0 Å². The Balaban J connectivity index is 1.38. The molecule has 0 aliphatic rings. The molecule has 1 aromatic carbocycles. The van der Waals surface area contributed by atoms with Crippen molar-refractivity contribution >= 4 is 39.8 Å². The van der Waals surface area contributed by atoms with Crippen molar-refractivity contribution in [3.63, 3.8) is 0 Å². The maximum atomic E-state index is 12.4. The average molecular weight is 444 g/mol. The van der Waals surface area contributed by atoms with Gasteiger partial charge in [0.05, 0.1) is 12.3 Å². The van der Waals surface area contributed by atoms with Crippen molar-refractivity contribution in [2.24, 2.45) is 0 Å². The van der Waals surface area contributed by atoms with E-state index in [2.05, 4.69) is 20.5 Å². The number of hydrogen-bond acceptors (Lipinski definition) is 9. The van der Waals surface area contributed by atoms with Crippen LogP contribution in [-0.4, -0.2) is 32.3 Å². The first-order valence-electron chi connectivity index (χ1n) is 9.02. The van der Waals surface area contributed by atoms with Gasteiger partial charge in [-0.05, 0) is 38.1 Å². The van der Waals surface area contributed by atoms with Crippen LogP contribution in [0.2, 0.25) is 0 Å². The Morgan fingerprint density at radius 2 is 2.07 bits per heavy atom. The topological polar surface area (TPSA) is 112 Å². The SMILES string of the molecule is CCOc1ccc(C(=O)Nc2nnc(SCc3cc(=O)n4oc(C)cc4n3)s2)cc1. The third-order valence-corrected chi connectivity index (χ3v) is 5.93. The number of hydrogen-bond donors (Lipinski definition) is 1. The summed E-state index contributed by atoms with van der Waals surface area (Å²) in [5, 5.41) is 11.2. The predicted octanol–water partition coefficient (Wildman–Crippen LogP) is 3.39. The summed E-state index contributed by atoms with van der Waals surface area (Å²) in [6.45, 7) is 4.22. The number of benzene rings is 1. The van der Waals surface area contributed by atoms with Crippen molar-refractivity contribution in [2.45, 2.75) is 23.9 Å². The summed E-state index contributed by atoms with van der Waals surface area (Å²) < 4.78 is 12.5. The molecule has 1 N–H and O–H groups in total. The van der Waals surface area contributed by atoms with Crippen molar-refractivity contribution in [2.75, 3.05) is 11.9 Å². The molecule has 0 aliphatic heterocycles. The molecule has 3 heterocycles. The number of anilines is 1. The molecule has 0 fully saturated rings. The van der Waals surface area contributed by atoms with Gasteiger partial charge in [0.25, 0.3) is 11.5 Å². The number of aryl methyl sites for hydroxylation is 1. The molecule has 154 valence electrons. The smallest absolute Gasteiger partial charge is 0.287 e. The minimum atomic E-state index is -0.277. The van der Waals surface area contributed by atoms with Gasteiger partial charge in [0.2, 0.25) is 5.13 Å². The Bertz CT molecular complexity index is 1250. The van der Waals surface area contributed by atoms with Crippen LogP contribution >= 0.6 is 23.1 Å². The first kappa shape index (κ1) is 20.1. The van der Waals surface area contributed by atoms with Crippen LogP contribution < -0.4 is 15.6 Å². The molecular formula is C19H17N5O4S2. The average Bonchev–Trinajstić information content (AvgIpc) is 3.33. The number of amides is 1. The Hall–Kier alpha value is -3.18. The Labute approximate surface area is 179 Å². The zero-order valence-corrected chi connectivity index (χ0v) is 17.7. The Morgan fingerprint density at radius 1 is 1.27 bits per heavy atom. The van der Waals surface area contributed by atoms with E-state index in [9.17, 15) is 9.59 Å². The highest BCUT2D eigenvalue weighted by Crippen LogP contribution is 2.28. The number of carbonyl (C=O) groups excluding carboxylic acids is 1. The first-order chi connectivity index (χ1) is 14.5. The lowest BCUT2D eigenvalue weighted by Crippen LogP contribution is -2.12. The van der Waals surface area contributed by atoms with Crippen molar-refractivity contribution in [1.82, 2.24) is 19.8 Å². The van der Waals surface area contributed by atoms with Gasteiger partial charge in [0.15, 0.2) is 9.99 Å².